The van der Waals surface area contributed by atoms with Crippen LogP contribution >= 0.6 is 40.2 Å². The van der Waals surface area contributed by atoms with Gasteiger partial charge in [-0.05, 0) is 36.4 Å². The molecule has 0 unspecified atom stereocenters. The van der Waals surface area contributed by atoms with Gasteiger partial charge in [0, 0.05) is 20.1 Å². The first kappa shape index (κ1) is 13.5. The van der Waals surface area contributed by atoms with Gasteiger partial charge in [-0.3, -0.25) is 4.79 Å². The number of halogens is 2. The van der Waals surface area contributed by atoms with Gasteiger partial charge in [-0.2, -0.15) is 0 Å². The Balaban J connectivity index is 2.22. The highest BCUT2D eigenvalue weighted by atomic mass is 79.9. The van der Waals surface area contributed by atoms with Crippen LogP contribution in [0.2, 0.25) is 5.02 Å². The van der Waals surface area contributed by atoms with Crippen molar-refractivity contribution in [2.24, 2.45) is 0 Å². The molecule has 18 heavy (non-hydrogen) atoms. The summed E-state index contributed by atoms with van der Waals surface area (Å²) in [5.41, 5.74) is 1.17. The second-order valence-electron chi connectivity index (χ2n) is 3.63. The van der Waals surface area contributed by atoms with Crippen LogP contribution in [0.5, 0.6) is 0 Å². The Morgan fingerprint density at radius 2 is 2.00 bits per heavy atom. The zero-order chi connectivity index (χ0) is 13.1. The van der Waals surface area contributed by atoms with E-state index in [1.165, 1.54) is 0 Å². The van der Waals surface area contributed by atoms with Crippen molar-refractivity contribution in [3.05, 3.63) is 57.5 Å². The number of thiol groups is 1. The van der Waals surface area contributed by atoms with Crippen LogP contribution in [0.25, 0.3) is 0 Å². The molecule has 1 N–H and O–H groups in total. The topological polar surface area (TPSA) is 29.1 Å². The number of hydrogen-bond donors (Lipinski definition) is 2. The van der Waals surface area contributed by atoms with Crippen molar-refractivity contribution in [2.45, 2.75) is 4.90 Å². The number of nitrogens with one attached hydrogen (secondary N) is 1. The molecule has 5 heteroatoms. The summed E-state index contributed by atoms with van der Waals surface area (Å²) in [5.74, 6) is -0.213. The molecule has 0 heterocycles. The van der Waals surface area contributed by atoms with Crippen molar-refractivity contribution in [1.29, 1.82) is 0 Å². The Labute approximate surface area is 124 Å². The molecule has 2 aromatic carbocycles. The molecule has 0 aromatic heterocycles. The lowest BCUT2D eigenvalue weighted by atomic mass is 10.2. The molecule has 92 valence electrons. The van der Waals surface area contributed by atoms with Crippen molar-refractivity contribution in [3.63, 3.8) is 0 Å². The van der Waals surface area contributed by atoms with Crippen LogP contribution in [0.4, 0.5) is 5.69 Å². The number of benzene rings is 2. The third-order valence-electron chi connectivity index (χ3n) is 2.29. The van der Waals surface area contributed by atoms with Gasteiger partial charge in [-0.25, -0.2) is 0 Å². The summed E-state index contributed by atoms with van der Waals surface area (Å²) >= 11 is 13.5. The standard InChI is InChI=1S/C13H9BrClNOS/c14-8-4-5-11(12(18)6-8)13(17)16-10-3-1-2-9(15)7-10/h1-7,18H,(H,16,17). The summed E-state index contributed by atoms with van der Waals surface area (Å²) in [5, 5.41) is 3.35. The Morgan fingerprint density at radius 1 is 1.22 bits per heavy atom. The highest BCUT2D eigenvalue weighted by Crippen LogP contribution is 2.21. The molecule has 0 aliphatic carbocycles. The summed E-state index contributed by atoms with van der Waals surface area (Å²) in [6, 6.07) is 12.3. The summed E-state index contributed by atoms with van der Waals surface area (Å²) < 4.78 is 0.881. The predicted molar refractivity (Wildman–Crippen MR) is 80.8 cm³/mol. The summed E-state index contributed by atoms with van der Waals surface area (Å²) in [6.07, 6.45) is 0. The Hall–Kier alpha value is -0.970. The number of carbonyl (C=O) groups is 1. The number of rotatable bonds is 2. The smallest absolute Gasteiger partial charge is 0.256 e. The van der Waals surface area contributed by atoms with E-state index < -0.39 is 0 Å². The summed E-state index contributed by atoms with van der Waals surface area (Å²) in [4.78, 5) is 12.7. The van der Waals surface area contributed by atoms with Crippen LogP contribution in [0, 0.1) is 0 Å². The molecule has 0 atom stereocenters. The lowest BCUT2D eigenvalue weighted by Gasteiger charge is -2.07. The second-order valence-corrected chi connectivity index (χ2v) is 5.46. The van der Waals surface area contributed by atoms with Gasteiger partial charge in [0.2, 0.25) is 0 Å². The average molecular weight is 343 g/mol. The van der Waals surface area contributed by atoms with Crippen molar-refractivity contribution in [1.82, 2.24) is 0 Å². The van der Waals surface area contributed by atoms with Crippen LogP contribution in [0.15, 0.2) is 51.8 Å². The lowest BCUT2D eigenvalue weighted by Crippen LogP contribution is -2.12. The zero-order valence-electron chi connectivity index (χ0n) is 9.15. The van der Waals surface area contributed by atoms with Crippen molar-refractivity contribution < 1.29 is 4.79 Å². The number of amides is 1. The van der Waals surface area contributed by atoms with E-state index in [0.717, 1.165) is 4.47 Å². The van der Waals surface area contributed by atoms with Gasteiger partial charge in [0.25, 0.3) is 5.91 Å². The highest BCUT2D eigenvalue weighted by Gasteiger charge is 2.10. The molecule has 2 nitrogen and oxygen atoms in total. The van der Waals surface area contributed by atoms with Crippen LogP contribution < -0.4 is 5.32 Å². The first-order valence-electron chi connectivity index (χ1n) is 5.12. The molecule has 2 aromatic rings. The number of anilines is 1. The van der Waals surface area contributed by atoms with Crippen molar-refractivity contribution >= 4 is 51.8 Å². The molecular formula is C13H9BrClNOS. The van der Waals surface area contributed by atoms with E-state index >= 15 is 0 Å². The van der Waals surface area contributed by atoms with Gasteiger partial charge in [-0.15, -0.1) is 12.6 Å². The predicted octanol–water partition coefficient (Wildman–Crippen LogP) is 4.64. The van der Waals surface area contributed by atoms with Gasteiger partial charge in [0.15, 0.2) is 0 Å². The quantitative estimate of drug-likeness (QED) is 0.765. The molecule has 0 bridgehead atoms. The fraction of sp³-hybridized carbons (Fsp3) is 0. The van der Waals surface area contributed by atoms with E-state index in [2.05, 4.69) is 33.9 Å². The lowest BCUT2D eigenvalue weighted by molar-refractivity contribution is 0.102. The first-order valence-corrected chi connectivity index (χ1v) is 6.73. The molecule has 0 aliphatic heterocycles. The maximum Gasteiger partial charge on any atom is 0.256 e. The molecule has 2 rings (SSSR count). The molecule has 0 saturated heterocycles. The maximum atomic E-state index is 12.0. The highest BCUT2D eigenvalue weighted by molar-refractivity contribution is 9.10. The van der Waals surface area contributed by atoms with E-state index in [-0.39, 0.29) is 5.91 Å². The largest absolute Gasteiger partial charge is 0.322 e. The van der Waals surface area contributed by atoms with Gasteiger partial charge in [-0.1, -0.05) is 33.6 Å². The zero-order valence-corrected chi connectivity index (χ0v) is 12.4. The van der Waals surface area contributed by atoms with Crippen LogP contribution in [0.1, 0.15) is 10.4 Å². The number of hydrogen-bond acceptors (Lipinski definition) is 2. The molecule has 0 fully saturated rings. The molecule has 0 saturated carbocycles. The first-order chi connectivity index (χ1) is 8.56. The molecule has 1 amide bonds. The van der Waals surface area contributed by atoms with Gasteiger partial charge < -0.3 is 5.32 Å². The average Bonchev–Trinajstić information content (AvgIpc) is 2.28. The minimum Gasteiger partial charge on any atom is -0.322 e. The summed E-state index contributed by atoms with van der Waals surface area (Å²) in [7, 11) is 0. The SMILES string of the molecule is O=C(Nc1cccc(Cl)c1)c1ccc(Br)cc1S. The van der Waals surface area contributed by atoms with Crippen LogP contribution in [-0.4, -0.2) is 5.91 Å². The number of carbonyl (C=O) groups excluding carboxylic acids is 1. The van der Waals surface area contributed by atoms with Gasteiger partial charge in [0.1, 0.15) is 0 Å². The molecule has 0 spiro atoms. The van der Waals surface area contributed by atoms with Crippen molar-refractivity contribution in [3.8, 4) is 0 Å². The van der Waals surface area contributed by atoms with E-state index in [0.29, 0.717) is 21.2 Å². The Kier molecular flexibility index (Phi) is 4.32. The summed E-state index contributed by atoms with van der Waals surface area (Å²) in [6.45, 7) is 0. The third-order valence-corrected chi connectivity index (χ3v) is 3.39. The van der Waals surface area contributed by atoms with Gasteiger partial charge in [0.05, 0.1) is 5.56 Å². The maximum absolute atomic E-state index is 12.0. The van der Waals surface area contributed by atoms with Crippen molar-refractivity contribution in [2.75, 3.05) is 5.32 Å². The molecular weight excluding hydrogens is 334 g/mol. The Morgan fingerprint density at radius 3 is 2.67 bits per heavy atom. The fourth-order valence-electron chi connectivity index (χ4n) is 1.46. The second kappa shape index (κ2) is 5.78. The Bertz CT molecular complexity index is 603. The minimum atomic E-state index is -0.213. The fourth-order valence-corrected chi connectivity index (χ4v) is 2.50. The van der Waals surface area contributed by atoms with Gasteiger partial charge >= 0.3 is 0 Å². The minimum absolute atomic E-state index is 0.213. The van der Waals surface area contributed by atoms with E-state index in [1.807, 2.05) is 0 Å². The van der Waals surface area contributed by atoms with Crippen LogP contribution in [-0.2, 0) is 0 Å². The normalized spacial score (nSPS) is 10.2. The van der Waals surface area contributed by atoms with E-state index in [1.54, 1.807) is 42.5 Å². The monoisotopic (exact) mass is 341 g/mol. The van der Waals surface area contributed by atoms with E-state index in [4.69, 9.17) is 11.6 Å². The molecule has 0 aliphatic rings. The van der Waals surface area contributed by atoms with Crippen LogP contribution in [0.3, 0.4) is 0 Å². The van der Waals surface area contributed by atoms with E-state index in [9.17, 15) is 4.79 Å². The molecule has 0 radical (unpaired) electrons. The third kappa shape index (κ3) is 3.28.